The van der Waals surface area contributed by atoms with E-state index in [4.69, 9.17) is 2.51 Å². The van der Waals surface area contributed by atoms with Crippen molar-refractivity contribution >= 4 is 40.4 Å². The molecule has 0 aromatic heterocycles. The molecule has 0 saturated heterocycles. The molecule has 1 fully saturated rings. The van der Waals surface area contributed by atoms with Gasteiger partial charge in [-0.05, 0) is 6.92 Å². The van der Waals surface area contributed by atoms with Gasteiger partial charge in [-0.25, -0.2) is 0 Å². The number of aryl methyl sites for hydroxylation is 1. The molecule has 0 radical (unpaired) electrons. The van der Waals surface area contributed by atoms with Gasteiger partial charge in [0.1, 0.15) is 0 Å². The Kier molecular flexibility index (Phi) is 11.1. The van der Waals surface area contributed by atoms with E-state index in [1.54, 1.807) is 30.3 Å². The molecule has 1 aliphatic rings. The average molecular weight is 686 g/mol. The van der Waals surface area contributed by atoms with Gasteiger partial charge >= 0.3 is 225 Å². The SMILES string of the molecule is Cc1ccc(S(=O)(=O)NCCCC(C#CI(OS(=O)(=O)C(F)(F)F)c2ccccc2)C2CCCCC2)cc1. The van der Waals surface area contributed by atoms with Crippen LogP contribution in [0.4, 0.5) is 13.2 Å². The zero-order valence-electron chi connectivity index (χ0n) is 20.9. The van der Waals surface area contributed by atoms with Crippen molar-refractivity contribution in [3.05, 3.63) is 63.7 Å². The summed E-state index contributed by atoms with van der Waals surface area (Å²) in [6, 6.07) is 14.5. The Morgan fingerprint density at radius 1 is 1.00 bits per heavy atom. The third-order valence-electron chi connectivity index (χ3n) is 6.22. The van der Waals surface area contributed by atoms with Crippen LogP contribution in [0.3, 0.4) is 0 Å². The van der Waals surface area contributed by atoms with Crippen molar-refractivity contribution in [1.82, 2.24) is 4.72 Å². The summed E-state index contributed by atoms with van der Waals surface area (Å²) in [7, 11) is -9.46. The van der Waals surface area contributed by atoms with Crippen molar-refractivity contribution in [3.63, 3.8) is 0 Å². The molecule has 12 heteroatoms. The van der Waals surface area contributed by atoms with E-state index in [-0.39, 0.29) is 23.3 Å². The predicted molar refractivity (Wildman–Crippen MR) is 149 cm³/mol. The second-order valence-electron chi connectivity index (χ2n) is 9.10. The number of halogens is 4. The van der Waals surface area contributed by atoms with Crippen LogP contribution < -0.4 is 4.72 Å². The third kappa shape index (κ3) is 8.94. The van der Waals surface area contributed by atoms with Gasteiger partial charge in [0, 0.05) is 0 Å². The number of nitrogens with one attached hydrogen (secondary N) is 1. The number of sulfonamides is 1. The molecule has 2 aromatic rings. The van der Waals surface area contributed by atoms with Gasteiger partial charge in [-0.15, -0.1) is 0 Å². The fraction of sp³-hybridized carbons (Fsp3) is 0.462. The number of benzene rings is 2. The molecule has 38 heavy (non-hydrogen) atoms. The molecule has 6 nitrogen and oxygen atoms in total. The first-order chi connectivity index (χ1) is 17.9. The first-order valence-electron chi connectivity index (χ1n) is 12.2. The van der Waals surface area contributed by atoms with E-state index in [1.165, 1.54) is 24.3 Å². The second-order valence-corrected chi connectivity index (χ2v) is 16.7. The molecule has 210 valence electrons. The van der Waals surface area contributed by atoms with Gasteiger partial charge in [0.15, 0.2) is 0 Å². The van der Waals surface area contributed by atoms with E-state index in [1.807, 2.05) is 6.92 Å². The summed E-state index contributed by atoms with van der Waals surface area (Å²) in [5, 5.41) is 0. The Balaban J connectivity index is 1.75. The number of rotatable bonds is 10. The maximum atomic E-state index is 13.1. The normalized spacial score (nSPS) is 16.4. The predicted octanol–water partition coefficient (Wildman–Crippen LogP) is 6.37. The Hall–Kier alpha value is -1.66. The fourth-order valence-corrected chi connectivity index (χ4v) is 10.6. The first-order valence-corrected chi connectivity index (χ1v) is 18.2. The quantitative estimate of drug-likeness (QED) is 0.136. The summed E-state index contributed by atoms with van der Waals surface area (Å²) >= 11 is -3.54. The monoisotopic (exact) mass is 685 g/mol. The van der Waals surface area contributed by atoms with Gasteiger partial charge in [0.25, 0.3) is 0 Å². The fourth-order valence-electron chi connectivity index (χ4n) is 4.17. The molecular formula is C26H31F3INO5S2. The first kappa shape index (κ1) is 30.9. The summed E-state index contributed by atoms with van der Waals surface area (Å²) in [6.45, 7) is 2.05. The Morgan fingerprint density at radius 3 is 2.24 bits per heavy atom. The second kappa shape index (κ2) is 13.6. The van der Waals surface area contributed by atoms with Crippen molar-refractivity contribution in [3.8, 4) is 9.85 Å². The maximum absolute atomic E-state index is 13.1. The zero-order valence-corrected chi connectivity index (χ0v) is 24.7. The zero-order chi connectivity index (χ0) is 27.8. The van der Waals surface area contributed by atoms with E-state index in [0.29, 0.717) is 16.4 Å². The van der Waals surface area contributed by atoms with Gasteiger partial charge < -0.3 is 0 Å². The Labute approximate surface area is 230 Å². The van der Waals surface area contributed by atoms with E-state index in [0.717, 1.165) is 37.7 Å². The summed E-state index contributed by atoms with van der Waals surface area (Å²) in [4.78, 5) is 0.173. The van der Waals surface area contributed by atoms with Gasteiger partial charge in [0.05, 0.1) is 0 Å². The Bertz CT molecular complexity index is 1320. The van der Waals surface area contributed by atoms with Crippen LogP contribution in [0.2, 0.25) is 0 Å². The number of hydrogen-bond donors (Lipinski definition) is 1. The molecule has 1 unspecified atom stereocenters. The van der Waals surface area contributed by atoms with Crippen molar-refractivity contribution in [2.24, 2.45) is 11.8 Å². The van der Waals surface area contributed by atoms with Crippen LogP contribution in [0.15, 0.2) is 59.5 Å². The molecule has 2 aromatic carbocycles. The van der Waals surface area contributed by atoms with Crippen LogP contribution in [0, 0.1) is 32.2 Å². The van der Waals surface area contributed by atoms with E-state index < -0.39 is 45.9 Å². The Morgan fingerprint density at radius 2 is 1.63 bits per heavy atom. The summed E-state index contributed by atoms with van der Waals surface area (Å²) < 4.78 is 98.3. The molecule has 0 aliphatic heterocycles. The summed E-state index contributed by atoms with van der Waals surface area (Å²) in [6.07, 6.45) is 5.96. The minimum atomic E-state index is -5.79. The van der Waals surface area contributed by atoms with Crippen molar-refractivity contribution in [1.29, 1.82) is 0 Å². The van der Waals surface area contributed by atoms with E-state index >= 15 is 0 Å². The molecule has 0 bridgehead atoms. The van der Waals surface area contributed by atoms with Crippen LogP contribution in [0.1, 0.15) is 50.5 Å². The molecule has 3 rings (SSSR count). The molecule has 0 heterocycles. The third-order valence-corrected chi connectivity index (χ3v) is 13.7. The van der Waals surface area contributed by atoms with E-state index in [9.17, 15) is 30.0 Å². The number of hydrogen-bond acceptors (Lipinski definition) is 5. The number of alkyl halides is 3. The van der Waals surface area contributed by atoms with Crippen LogP contribution in [-0.2, 0) is 22.7 Å². The van der Waals surface area contributed by atoms with Crippen LogP contribution in [-0.4, -0.2) is 28.9 Å². The van der Waals surface area contributed by atoms with Gasteiger partial charge in [0.2, 0.25) is 0 Å². The molecule has 1 N–H and O–H groups in total. The van der Waals surface area contributed by atoms with Crippen LogP contribution in [0.25, 0.3) is 0 Å². The minimum absolute atomic E-state index is 0.173. The van der Waals surface area contributed by atoms with Gasteiger partial charge in [-0.3, -0.25) is 0 Å². The van der Waals surface area contributed by atoms with Crippen molar-refractivity contribution < 1.29 is 32.5 Å². The average Bonchev–Trinajstić information content (AvgIpc) is 2.88. The molecule has 1 aliphatic carbocycles. The molecular weight excluding hydrogens is 654 g/mol. The standard InChI is InChI=1S/C26H31F3INO5S2/c1-21-14-16-25(17-15-21)37(32,33)31-20-8-11-23(22-9-4-2-5-10-22)18-19-30(24-12-6-3-7-13-24)36-38(34,35)26(27,28)29/h3,6-7,12-17,22-23,31H,2,4-5,8-11,20H2,1H3. The van der Waals surface area contributed by atoms with Gasteiger partial charge in [-0.1, -0.05) is 0 Å². The summed E-state index contributed by atoms with van der Waals surface area (Å²) in [5.41, 5.74) is -4.58. The molecule has 1 atom stereocenters. The van der Waals surface area contributed by atoms with E-state index in [2.05, 4.69) is 14.6 Å². The topological polar surface area (TPSA) is 89.5 Å². The van der Waals surface area contributed by atoms with Gasteiger partial charge in [-0.2, -0.15) is 0 Å². The summed E-state index contributed by atoms with van der Waals surface area (Å²) in [5.74, 6) is 3.08. The molecule has 0 spiro atoms. The molecule has 0 amide bonds. The van der Waals surface area contributed by atoms with Crippen molar-refractivity contribution in [2.45, 2.75) is 62.3 Å². The van der Waals surface area contributed by atoms with Crippen LogP contribution >= 0.6 is 20.2 Å². The van der Waals surface area contributed by atoms with Crippen molar-refractivity contribution in [2.75, 3.05) is 6.54 Å². The molecule has 1 saturated carbocycles. The van der Waals surface area contributed by atoms with Crippen LogP contribution in [0.5, 0.6) is 0 Å².